The molecule has 0 saturated carbocycles. The first-order valence-corrected chi connectivity index (χ1v) is 9.67. The van der Waals surface area contributed by atoms with Crippen molar-refractivity contribution in [3.63, 3.8) is 0 Å². The summed E-state index contributed by atoms with van der Waals surface area (Å²) in [5.74, 6) is -0.784. The highest BCUT2D eigenvalue weighted by Crippen LogP contribution is 2.27. The maximum atomic E-state index is 13.7. The molecule has 154 valence electrons. The maximum Gasteiger partial charge on any atom is 0.291 e. The quantitative estimate of drug-likeness (QED) is 0.472. The van der Waals surface area contributed by atoms with Crippen molar-refractivity contribution in [1.82, 2.24) is 14.8 Å². The van der Waals surface area contributed by atoms with Gasteiger partial charge in [0.1, 0.15) is 17.2 Å². The number of rotatable bonds is 6. The largest absolute Gasteiger partial charge is 0.350 e. The highest BCUT2D eigenvalue weighted by atomic mass is 19.1. The average Bonchev–Trinajstić information content (AvgIpc) is 2.77. The molecule has 2 heterocycles. The monoisotopic (exact) mass is 414 g/mol. The Morgan fingerprint density at radius 3 is 2.48 bits per heavy atom. The number of hydrogen-bond donors (Lipinski definition) is 1. The molecule has 4 rings (SSSR count). The molecule has 0 saturated heterocycles. The molecule has 0 bridgehead atoms. The first-order chi connectivity index (χ1) is 15.0. The summed E-state index contributed by atoms with van der Waals surface area (Å²) in [4.78, 5) is 30.2. The van der Waals surface area contributed by atoms with Gasteiger partial charge in [0.25, 0.3) is 5.56 Å². The molecule has 1 N–H and O–H groups in total. The van der Waals surface area contributed by atoms with Crippen LogP contribution in [-0.4, -0.2) is 20.5 Å². The molecule has 31 heavy (non-hydrogen) atoms. The van der Waals surface area contributed by atoms with Gasteiger partial charge in [-0.15, -0.1) is 0 Å². The van der Waals surface area contributed by atoms with Crippen LogP contribution in [0, 0.1) is 5.82 Å². The van der Waals surface area contributed by atoms with Crippen LogP contribution in [0.5, 0.6) is 0 Å². The minimum Gasteiger partial charge on any atom is -0.350 e. The van der Waals surface area contributed by atoms with E-state index in [1.54, 1.807) is 24.4 Å². The lowest BCUT2D eigenvalue weighted by molar-refractivity contribution is 0.101. The summed E-state index contributed by atoms with van der Waals surface area (Å²) in [6, 6.07) is 20.2. The van der Waals surface area contributed by atoms with E-state index in [9.17, 15) is 14.0 Å². The molecule has 0 amide bonds. The molecule has 2 aromatic carbocycles. The van der Waals surface area contributed by atoms with Gasteiger partial charge >= 0.3 is 0 Å². The Morgan fingerprint density at radius 1 is 1.03 bits per heavy atom. The third-order valence-corrected chi connectivity index (χ3v) is 4.69. The van der Waals surface area contributed by atoms with Crippen molar-refractivity contribution in [2.24, 2.45) is 0 Å². The molecule has 6 nitrogen and oxygen atoms in total. The lowest BCUT2D eigenvalue weighted by Crippen LogP contribution is -2.29. The van der Waals surface area contributed by atoms with E-state index in [4.69, 9.17) is 0 Å². The second-order valence-corrected chi connectivity index (χ2v) is 6.94. The number of Topliss-reactive ketones (excluding diaryl/α,β-unsaturated/α-hetero) is 1. The molecule has 0 atom stereocenters. The number of hydrogen-bond acceptors (Lipinski definition) is 5. The molecule has 0 spiro atoms. The van der Waals surface area contributed by atoms with Gasteiger partial charge < -0.3 is 5.32 Å². The lowest BCUT2D eigenvalue weighted by atomic mass is 10.0. The van der Waals surface area contributed by atoms with Crippen LogP contribution < -0.4 is 10.9 Å². The van der Waals surface area contributed by atoms with E-state index in [2.05, 4.69) is 15.4 Å². The predicted molar refractivity (Wildman–Crippen MR) is 117 cm³/mol. The number of halogens is 1. The number of nitrogens with one attached hydrogen (secondary N) is 1. The van der Waals surface area contributed by atoms with Crippen molar-refractivity contribution in [3.8, 4) is 11.3 Å². The standard InChI is InChI=1S/C24H19FN4O2/c1-16(30)21-22(17-8-3-2-4-9-17)28-29(15-20-11-5-6-13-26-20)24(31)23(21)27-19-12-7-10-18(25)14-19/h2-14,27H,15H2,1H3. The van der Waals surface area contributed by atoms with Crippen molar-refractivity contribution in [2.45, 2.75) is 13.5 Å². The number of ketones is 1. The molecular formula is C24H19FN4O2. The van der Waals surface area contributed by atoms with Crippen molar-refractivity contribution >= 4 is 17.2 Å². The molecule has 4 aromatic rings. The number of pyridine rings is 1. The van der Waals surface area contributed by atoms with Crippen LogP contribution in [0.3, 0.4) is 0 Å². The summed E-state index contributed by atoms with van der Waals surface area (Å²) in [7, 11) is 0. The number of aromatic nitrogens is 3. The van der Waals surface area contributed by atoms with Crippen molar-refractivity contribution in [3.05, 3.63) is 106 Å². The molecule has 0 aliphatic rings. The number of benzene rings is 2. The van der Waals surface area contributed by atoms with Crippen LogP contribution in [-0.2, 0) is 6.54 Å². The average molecular weight is 414 g/mol. The van der Waals surface area contributed by atoms with Crippen LogP contribution in [0.15, 0.2) is 83.8 Å². The van der Waals surface area contributed by atoms with Crippen molar-refractivity contribution in [2.75, 3.05) is 5.32 Å². The summed E-state index contributed by atoms with van der Waals surface area (Å²) in [5.41, 5.74) is 1.74. The van der Waals surface area contributed by atoms with E-state index >= 15 is 0 Å². The first-order valence-electron chi connectivity index (χ1n) is 9.67. The van der Waals surface area contributed by atoms with Gasteiger partial charge in [-0.05, 0) is 37.3 Å². The van der Waals surface area contributed by atoms with Crippen LogP contribution in [0.2, 0.25) is 0 Å². The van der Waals surface area contributed by atoms with Gasteiger partial charge in [0, 0.05) is 17.4 Å². The Morgan fingerprint density at radius 2 is 1.81 bits per heavy atom. The van der Waals surface area contributed by atoms with Gasteiger partial charge in [-0.25, -0.2) is 9.07 Å². The summed E-state index contributed by atoms with van der Waals surface area (Å²) in [5, 5.41) is 7.45. The predicted octanol–water partition coefficient (Wildman–Crippen LogP) is 4.44. The zero-order chi connectivity index (χ0) is 21.8. The second kappa shape index (κ2) is 8.71. The summed E-state index contributed by atoms with van der Waals surface area (Å²) in [6.07, 6.45) is 1.63. The number of carbonyl (C=O) groups excluding carboxylic acids is 1. The SMILES string of the molecule is CC(=O)c1c(-c2ccccc2)nn(Cc2ccccn2)c(=O)c1Nc1cccc(F)c1. The van der Waals surface area contributed by atoms with E-state index < -0.39 is 11.4 Å². The first kappa shape index (κ1) is 20.2. The molecule has 0 fully saturated rings. The van der Waals surface area contributed by atoms with E-state index in [0.29, 0.717) is 22.6 Å². The molecule has 0 aliphatic carbocycles. The summed E-state index contributed by atoms with van der Waals surface area (Å²) in [6.45, 7) is 1.50. The van der Waals surface area contributed by atoms with Gasteiger partial charge in [-0.1, -0.05) is 42.5 Å². The van der Waals surface area contributed by atoms with E-state index in [1.807, 2.05) is 36.4 Å². The molecule has 0 radical (unpaired) electrons. The van der Waals surface area contributed by atoms with Crippen molar-refractivity contribution < 1.29 is 9.18 Å². The van der Waals surface area contributed by atoms with Crippen LogP contribution in [0.4, 0.5) is 15.8 Å². The minimum absolute atomic E-state index is 0.0443. The minimum atomic E-state index is -0.500. The normalized spacial score (nSPS) is 10.6. The van der Waals surface area contributed by atoms with Crippen LogP contribution in [0.25, 0.3) is 11.3 Å². The number of nitrogens with zero attached hydrogens (tertiary/aromatic N) is 3. The van der Waals surface area contributed by atoms with Crippen molar-refractivity contribution in [1.29, 1.82) is 0 Å². The molecular weight excluding hydrogens is 395 g/mol. The Balaban J connectivity index is 1.94. The Hall–Kier alpha value is -4.13. The van der Waals surface area contributed by atoms with E-state index in [1.165, 1.54) is 29.8 Å². The summed E-state index contributed by atoms with van der Waals surface area (Å²) < 4.78 is 15.0. The third-order valence-electron chi connectivity index (χ3n) is 4.69. The fraction of sp³-hybridized carbons (Fsp3) is 0.0833. The maximum absolute atomic E-state index is 13.7. The number of anilines is 2. The Kier molecular flexibility index (Phi) is 5.66. The summed E-state index contributed by atoms with van der Waals surface area (Å²) >= 11 is 0. The lowest BCUT2D eigenvalue weighted by Gasteiger charge is -2.16. The van der Waals surface area contributed by atoms with Gasteiger partial charge in [0.05, 0.1) is 17.8 Å². The number of carbonyl (C=O) groups is 1. The second-order valence-electron chi connectivity index (χ2n) is 6.94. The van der Waals surface area contributed by atoms with Gasteiger partial charge in [-0.3, -0.25) is 14.6 Å². The van der Waals surface area contributed by atoms with Gasteiger partial charge in [0.15, 0.2) is 5.78 Å². The third kappa shape index (κ3) is 4.40. The van der Waals surface area contributed by atoms with Gasteiger partial charge in [-0.2, -0.15) is 5.10 Å². The zero-order valence-electron chi connectivity index (χ0n) is 16.7. The fourth-order valence-corrected chi connectivity index (χ4v) is 3.29. The van der Waals surface area contributed by atoms with E-state index in [0.717, 1.165) is 0 Å². The molecule has 2 aromatic heterocycles. The smallest absolute Gasteiger partial charge is 0.291 e. The van der Waals surface area contributed by atoms with Crippen LogP contribution in [0.1, 0.15) is 23.0 Å². The molecule has 7 heteroatoms. The topological polar surface area (TPSA) is 76.9 Å². The fourth-order valence-electron chi connectivity index (χ4n) is 3.29. The molecule has 0 unspecified atom stereocenters. The highest BCUT2D eigenvalue weighted by molar-refractivity contribution is 6.05. The molecule has 0 aliphatic heterocycles. The van der Waals surface area contributed by atoms with E-state index in [-0.39, 0.29) is 23.6 Å². The highest BCUT2D eigenvalue weighted by Gasteiger charge is 2.22. The Labute approximate surface area is 178 Å². The van der Waals surface area contributed by atoms with Gasteiger partial charge in [0.2, 0.25) is 0 Å². The van der Waals surface area contributed by atoms with Crippen LogP contribution >= 0.6 is 0 Å². The Bertz CT molecular complexity index is 1290. The zero-order valence-corrected chi connectivity index (χ0v) is 16.7.